The van der Waals surface area contributed by atoms with E-state index in [1.54, 1.807) is 36.2 Å². The largest absolute Gasteiger partial charge is 0.378 e. The van der Waals surface area contributed by atoms with Crippen molar-refractivity contribution in [1.82, 2.24) is 4.90 Å². The third-order valence-corrected chi connectivity index (χ3v) is 7.17. The van der Waals surface area contributed by atoms with Crippen LogP contribution in [0.4, 0.5) is 11.4 Å². The molecule has 3 aromatic rings. The summed E-state index contributed by atoms with van der Waals surface area (Å²) >= 11 is 0. The molecule has 0 aromatic heterocycles. The van der Waals surface area contributed by atoms with Crippen LogP contribution in [0.1, 0.15) is 21.5 Å². The zero-order valence-corrected chi connectivity index (χ0v) is 20.2. The van der Waals surface area contributed by atoms with Gasteiger partial charge in [0, 0.05) is 43.6 Å². The van der Waals surface area contributed by atoms with E-state index >= 15 is 0 Å². The number of rotatable bonds is 7. The van der Waals surface area contributed by atoms with Crippen LogP contribution in [0.3, 0.4) is 0 Å². The minimum absolute atomic E-state index is 0.0426. The first-order valence-electron chi connectivity index (χ1n) is 11.2. The molecule has 0 spiro atoms. The Kier molecular flexibility index (Phi) is 7.19. The van der Waals surface area contributed by atoms with Gasteiger partial charge in [-0.2, -0.15) is 0 Å². The van der Waals surface area contributed by atoms with Gasteiger partial charge in [0.15, 0.2) is 0 Å². The smallest absolute Gasteiger partial charge is 0.261 e. The van der Waals surface area contributed by atoms with Crippen molar-refractivity contribution in [3.8, 4) is 0 Å². The molecule has 178 valence electrons. The summed E-state index contributed by atoms with van der Waals surface area (Å²) in [7, 11) is -2.10. The van der Waals surface area contributed by atoms with Gasteiger partial charge < -0.3 is 14.5 Å². The van der Waals surface area contributed by atoms with Gasteiger partial charge in [0.2, 0.25) is 0 Å². The first-order chi connectivity index (χ1) is 16.3. The van der Waals surface area contributed by atoms with Crippen LogP contribution in [-0.2, 0) is 21.3 Å². The molecule has 8 heteroatoms. The summed E-state index contributed by atoms with van der Waals surface area (Å²) < 4.78 is 33.8. The molecule has 7 nitrogen and oxygen atoms in total. The summed E-state index contributed by atoms with van der Waals surface area (Å²) in [6.07, 6.45) is 0. The number of aryl methyl sites for hydroxylation is 1. The van der Waals surface area contributed by atoms with E-state index in [1.165, 1.54) is 12.1 Å². The lowest BCUT2D eigenvalue weighted by molar-refractivity contribution is 0.0784. The number of nitrogens with one attached hydrogen (secondary N) is 1. The Morgan fingerprint density at radius 1 is 1.00 bits per heavy atom. The second-order valence-corrected chi connectivity index (χ2v) is 10.1. The highest BCUT2D eigenvalue weighted by molar-refractivity contribution is 7.92. The molecule has 1 saturated heterocycles. The second kappa shape index (κ2) is 10.3. The quantitative estimate of drug-likeness (QED) is 0.556. The monoisotopic (exact) mass is 479 g/mol. The van der Waals surface area contributed by atoms with E-state index in [1.807, 2.05) is 37.3 Å². The molecule has 0 saturated carbocycles. The molecule has 4 rings (SSSR count). The first kappa shape index (κ1) is 23.8. The molecular formula is C26H29N3O4S. The molecule has 1 N–H and O–H groups in total. The molecule has 1 aliphatic heterocycles. The van der Waals surface area contributed by atoms with Gasteiger partial charge >= 0.3 is 0 Å². The Hall–Kier alpha value is -3.36. The fraction of sp³-hybridized carbons (Fsp3) is 0.269. The van der Waals surface area contributed by atoms with Gasteiger partial charge in [0.1, 0.15) is 0 Å². The van der Waals surface area contributed by atoms with Gasteiger partial charge in [0.25, 0.3) is 15.9 Å². The molecule has 3 aromatic carbocycles. The molecular weight excluding hydrogens is 450 g/mol. The number of morpholine rings is 1. The number of carbonyl (C=O) groups excluding carboxylic acids is 1. The van der Waals surface area contributed by atoms with Gasteiger partial charge in [-0.15, -0.1) is 0 Å². The van der Waals surface area contributed by atoms with Crippen molar-refractivity contribution in [2.75, 3.05) is 43.0 Å². The molecule has 1 aliphatic rings. The van der Waals surface area contributed by atoms with Crippen molar-refractivity contribution in [3.05, 3.63) is 89.5 Å². The highest BCUT2D eigenvalue weighted by Gasteiger charge is 2.20. The van der Waals surface area contributed by atoms with Gasteiger partial charge in [-0.05, 0) is 48.9 Å². The Morgan fingerprint density at radius 3 is 2.44 bits per heavy atom. The number of benzene rings is 3. The Morgan fingerprint density at radius 2 is 1.71 bits per heavy atom. The van der Waals surface area contributed by atoms with E-state index < -0.39 is 10.0 Å². The lowest BCUT2D eigenvalue weighted by Crippen LogP contribution is -2.37. The van der Waals surface area contributed by atoms with E-state index in [2.05, 4.69) is 15.7 Å². The minimum Gasteiger partial charge on any atom is -0.378 e. The van der Waals surface area contributed by atoms with Crippen LogP contribution in [0.15, 0.2) is 77.7 Å². The van der Waals surface area contributed by atoms with E-state index in [0.29, 0.717) is 31.0 Å². The van der Waals surface area contributed by atoms with Gasteiger partial charge in [0.05, 0.1) is 18.1 Å². The predicted molar refractivity (Wildman–Crippen MR) is 134 cm³/mol. The second-order valence-electron chi connectivity index (χ2n) is 8.39. The van der Waals surface area contributed by atoms with Crippen LogP contribution in [0.25, 0.3) is 0 Å². The highest BCUT2D eigenvalue weighted by Crippen LogP contribution is 2.24. The lowest BCUT2D eigenvalue weighted by atomic mass is 10.1. The number of carbonyl (C=O) groups is 1. The molecule has 1 heterocycles. The average Bonchev–Trinajstić information content (AvgIpc) is 2.86. The Bertz CT molecular complexity index is 1250. The van der Waals surface area contributed by atoms with Crippen molar-refractivity contribution in [2.24, 2.45) is 0 Å². The highest BCUT2D eigenvalue weighted by atomic mass is 32.2. The molecule has 1 amide bonds. The number of nitrogens with zero attached hydrogens (tertiary/aromatic N) is 2. The van der Waals surface area contributed by atoms with Gasteiger partial charge in [-0.3, -0.25) is 9.52 Å². The summed E-state index contributed by atoms with van der Waals surface area (Å²) in [6, 6.07) is 21.2. The molecule has 0 atom stereocenters. The summed E-state index contributed by atoms with van der Waals surface area (Å²) in [5, 5.41) is 0. The summed E-state index contributed by atoms with van der Waals surface area (Å²) in [4.78, 5) is 17.1. The van der Waals surface area contributed by atoms with Crippen LogP contribution in [0.2, 0.25) is 0 Å². The number of hydrogen-bond acceptors (Lipinski definition) is 5. The third-order valence-electron chi connectivity index (χ3n) is 5.79. The van der Waals surface area contributed by atoms with Crippen molar-refractivity contribution < 1.29 is 17.9 Å². The third kappa shape index (κ3) is 5.58. The van der Waals surface area contributed by atoms with Crippen LogP contribution in [0.5, 0.6) is 0 Å². The maximum absolute atomic E-state index is 13.2. The summed E-state index contributed by atoms with van der Waals surface area (Å²) in [6.45, 7) is 5.32. The zero-order valence-electron chi connectivity index (χ0n) is 19.4. The molecule has 34 heavy (non-hydrogen) atoms. The molecule has 0 aliphatic carbocycles. The number of para-hydroxylation sites is 1. The molecule has 0 radical (unpaired) electrons. The molecule has 0 unspecified atom stereocenters. The van der Waals surface area contributed by atoms with Crippen LogP contribution < -0.4 is 9.62 Å². The SMILES string of the molecule is Cc1ccc(NS(=O)(=O)c2cccc(C(=O)N(C)Cc3ccccc3N3CCOCC3)c2)cc1. The average molecular weight is 480 g/mol. The van der Waals surface area contributed by atoms with Crippen LogP contribution in [-0.4, -0.2) is 52.6 Å². The normalized spacial score (nSPS) is 14.0. The van der Waals surface area contributed by atoms with Gasteiger partial charge in [-0.25, -0.2) is 8.42 Å². The van der Waals surface area contributed by atoms with Crippen LogP contribution in [0, 0.1) is 6.92 Å². The lowest BCUT2D eigenvalue weighted by Gasteiger charge is -2.31. The fourth-order valence-electron chi connectivity index (χ4n) is 3.94. The summed E-state index contributed by atoms with van der Waals surface area (Å²) in [5.41, 5.74) is 3.94. The number of ether oxygens (including phenoxy) is 1. The van der Waals surface area contributed by atoms with Crippen molar-refractivity contribution in [1.29, 1.82) is 0 Å². The minimum atomic E-state index is -3.83. The number of anilines is 2. The number of hydrogen-bond donors (Lipinski definition) is 1. The standard InChI is InChI=1S/C26H29N3O4S/c1-20-10-12-23(13-11-20)27-34(31,32)24-8-5-7-21(18-24)26(30)28(2)19-22-6-3-4-9-25(22)29-14-16-33-17-15-29/h3-13,18,27H,14-17,19H2,1-2H3. The van der Waals surface area contributed by atoms with E-state index in [-0.39, 0.29) is 10.8 Å². The van der Waals surface area contributed by atoms with Crippen molar-refractivity contribution in [2.45, 2.75) is 18.4 Å². The maximum Gasteiger partial charge on any atom is 0.261 e. The summed E-state index contributed by atoms with van der Waals surface area (Å²) in [5.74, 6) is -0.246. The Balaban J connectivity index is 1.50. The predicted octanol–water partition coefficient (Wildman–Crippen LogP) is 3.90. The zero-order chi connectivity index (χ0) is 24.1. The van der Waals surface area contributed by atoms with E-state index in [9.17, 15) is 13.2 Å². The number of sulfonamides is 1. The molecule has 1 fully saturated rings. The Labute approximate surface area is 201 Å². The fourth-order valence-corrected chi connectivity index (χ4v) is 5.04. The van der Waals surface area contributed by atoms with E-state index in [4.69, 9.17) is 4.74 Å². The van der Waals surface area contributed by atoms with Crippen molar-refractivity contribution in [3.63, 3.8) is 0 Å². The van der Waals surface area contributed by atoms with Gasteiger partial charge in [-0.1, -0.05) is 42.0 Å². The van der Waals surface area contributed by atoms with Crippen molar-refractivity contribution >= 4 is 27.3 Å². The first-order valence-corrected chi connectivity index (χ1v) is 12.7. The van der Waals surface area contributed by atoms with Crippen LogP contribution >= 0.6 is 0 Å². The topological polar surface area (TPSA) is 79.0 Å². The molecule has 0 bridgehead atoms. The van der Waals surface area contributed by atoms with E-state index in [0.717, 1.165) is 29.9 Å². The number of amides is 1. The maximum atomic E-state index is 13.2.